The molecule has 0 unspecified atom stereocenters. The normalized spacial score (nSPS) is 15.0. The Balaban J connectivity index is 1.51. The van der Waals surface area contributed by atoms with Gasteiger partial charge in [-0.15, -0.1) is 0 Å². The molecule has 3 aromatic carbocycles. The average molecular weight is 434 g/mol. The molecule has 1 aliphatic heterocycles. The van der Waals surface area contributed by atoms with Crippen molar-refractivity contribution in [3.05, 3.63) is 106 Å². The number of carbonyl (C=O) groups excluding carboxylic acids is 2. The first-order chi connectivity index (χ1) is 15.0. The Kier molecular flexibility index (Phi) is 6.18. The van der Waals surface area contributed by atoms with Gasteiger partial charge in [0.05, 0.1) is 11.4 Å². The smallest absolute Gasteiger partial charge is 0.293 e. The third kappa shape index (κ3) is 5.03. The fraction of sp³-hybridized carbons (Fsp3) is 0.120. The number of amides is 2. The predicted molar refractivity (Wildman–Crippen MR) is 120 cm³/mol. The van der Waals surface area contributed by atoms with E-state index in [0.29, 0.717) is 21.8 Å². The van der Waals surface area contributed by atoms with Gasteiger partial charge in [0, 0.05) is 5.56 Å². The van der Waals surface area contributed by atoms with Crippen molar-refractivity contribution in [3.8, 4) is 5.75 Å². The molecule has 3 aromatic rings. The number of aryl methyl sites for hydroxylation is 1. The van der Waals surface area contributed by atoms with Crippen LogP contribution in [0.5, 0.6) is 5.75 Å². The number of hydrogen-bond acceptors (Lipinski definition) is 4. The lowest BCUT2D eigenvalue weighted by molar-refractivity contribution is -0.123. The summed E-state index contributed by atoms with van der Waals surface area (Å²) in [6, 6.07) is 21.2. The predicted octanol–water partition coefficient (Wildman–Crippen LogP) is 5.95. The molecule has 6 heteroatoms. The van der Waals surface area contributed by atoms with Gasteiger partial charge in [-0.25, -0.2) is 4.39 Å². The summed E-state index contributed by atoms with van der Waals surface area (Å²) in [7, 11) is 0. The molecular weight excluding hydrogens is 413 g/mol. The Bertz CT molecular complexity index is 1160. The molecule has 4 nitrogen and oxygen atoms in total. The molecule has 31 heavy (non-hydrogen) atoms. The van der Waals surface area contributed by atoms with Crippen LogP contribution in [0.25, 0.3) is 6.08 Å². The van der Waals surface area contributed by atoms with E-state index < -0.39 is 0 Å². The number of nitrogens with zero attached hydrogens (tertiary/aromatic N) is 1. The maximum Gasteiger partial charge on any atom is 0.293 e. The summed E-state index contributed by atoms with van der Waals surface area (Å²) in [6.07, 6.45) is 1.67. The van der Waals surface area contributed by atoms with E-state index in [0.717, 1.165) is 22.9 Å². The Morgan fingerprint density at radius 2 is 1.74 bits per heavy atom. The zero-order chi connectivity index (χ0) is 21.8. The van der Waals surface area contributed by atoms with Crippen LogP contribution in [0.1, 0.15) is 22.3 Å². The Morgan fingerprint density at radius 3 is 2.52 bits per heavy atom. The topological polar surface area (TPSA) is 46.6 Å². The van der Waals surface area contributed by atoms with E-state index in [-0.39, 0.29) is 30.1 Å². The summed E-state index contributed by atoms with van der Waals surface area (Å²) < 4.78 is 19.2. The number of thioether (sulfide) groups is 1. The maximum absolute atomic E-state index is 13.4. The molecular formula is C25H20FNO3S. The first-order valence-electron chi connectivity index (χ1n) is 9.77. The lowest BCUT2D eigenvalue weighted by Gasteiger charge is -2.12. The van der Waals surface area contributed by atoms with Crippen molar-refractivity contribution >= 4 is 29.0 Å². The molecule has 0 aliphatic carbocycles. The molecule has 0 saturated carbocycles. The van der Waals surface area contributed by atoms with Crippen LogP contribution in [-0.4, -0.2) is 16.0 Å². The van der Waals surface area contributed by atoms with E-state index in [1.54, 1.807) is 24.3 Å². The van der Waals surface area contributed by atoms with Gasteiger partial charge in [0.15, 0.2) is 0 Å². The fourth-order valence-corrected chi connectivity index (χ4v) is 4.00. The maximum atomic E-state index is 13.4. The fourth-order valence-electron chi connectivity index (χ4n) is 3.17. The van der Waals surface area contributed by atoms with Crippen LogP contribution in [0.2, 0.25) is 0 Å². The van der Waals surface area contributed by atoms with E-state index in [1.165, 1.54) is 17.0 Å². The third-order valence-electron chi connectivity index (χ3n) is 4.82. The quantitative estimate of drug-likeness (QED) is 0.451. The number of halogens is 1. The summed E-state index contributed by atoms with van der Waals surface area (Å²) in [6.45, 7) is 2.41. The lowest BCUT2D eigenvalue weighted by atomic mass is 10.1. The van der Waals surface area contributed by atoms with Gasteiger partial charge in [0.25, 0.3) is 11.1 Å². The zero-order valence-electron chi connectivity index (χ0n) is 16.9. The number of hydrogen-bond donors (Lipinski definition) is 0. The minimum absolute atomic E-state index is 0.192. The molecule has 0 aromatic heterocycles. The van der Waals surface area contributed by atoms with Crippen molar-refractivity contribution < 1.29 is 18.7 Å². The van der Waals surface area contributed by atoms with Gasteiger partial charge in [-0.1, -0.05) is 60.2 Å². The minimum Gasteiger partial charge on any atom is -0.488 e. The SMILES string of the molecule is Cc1ccc(CN2C(=O)S/C(=C\c3ccccc3OCc3cccc(F)c3)C2=O)cc1. The van der Waals surface area contributed by atoms with Crippen molar-refractivity contribution in [2.24, 2.45) is 0 Å². The monoisotopic (exact) mass is 433 g/mol. The summed E-state index contributed by atoms with van der Waals surface area (Å²) in [5.41, 5.74) is 3.40. The highest BCUT2D eigenvalue weighted by Crippen LogP contribution is 2.35. The molecule has 4 rings (SSSR count). The van der Waals surface area contributed by atoms with Gasteiger partial charge in [0.2, 0.25) is 0 Å². The van der Waals surface area contributed by atoms with Gasteiger partial charge in [-0.2, -0.15) is 0 Å². The van der Waals surface area contributed by atoms with E-state index in [2.05, 4.69) is 0 Å². The minimum atomic E-state index is -0.324. The number of carbonyl (C=O) groups is 2. The van der Waals surface area contributed by atoms with E-state index >= 15 is 0 Å². The average Bonchev–Trinajstić information content (AvgIpc) is 3.02. The second-order valence-corrected chi connectivity index (χ2v) is 8.20. The van der Waals surface area contributed by atoms with Crippen molar-refractivity contribution in [2.45, 2.75) is 20.1 Å². The molecule has 0 atom stereocenters. The van der Waals surface area contributed by atoms with Crippen LogP contribution in [0.4, 0.5) is 9.18 Å². The summed E-state index contributed by atoms with van der Waals surface area (Å²) >= 11 is 0.918. The number of benzene rings is 3. The Morgan fingerprint density at radius 1 is 0.968 bits per heavy atom. The van der Waals surface area contributed by atoms with E-state index in [9.17, 15) is 14.0 Å². The molecule has 2 amide bonds. The molecule has 1 saturated heterocycles. The van der Waals surface area contributed by atoms with Gasteiger partial charge in [-0.3, -0.25) is 14.5 Å². The number of ether oxygens (including phenoxy) is 1. The van der Waals surface area contributed by atoms with E-state index in [1.807, 2.05) is 49.4 Å². The van der Waals surface area contributed by atoms with Crippen molar-refractivity contribution in [3.63, 3.8) is 0 Å². The molecule has 0 bridgehead atoms. The van der Waals surface area contributed by atoms with E-state index in [4.69, 9.17) is 4.74 Å². The Labute approximate surface area is 184 Å². The van der Waals surface area contributed by atoms with Crippen LogP contribution in [0, 0.1) is 12.7 Å². The van der Waals surface area contributed by atoms with Crippen LogP contribution >= 0.6 is 11.8 Å². The highest BCUT2D eigenvalue weighted by molar-refractivity contribution is 8.18. The molecule has 1 fully saturated rings. The standard InChI is InChI=1S/C25H20FNO3S/c1-17-9-11-18(12-10-17)15-27-24(28)23(31-25(27)29)14-20-6-2-3-8-22(20)30-16-19-5-4-7-21(26)13-19/h2-14H,15-16H2,1H3/b23-14-. The van der Waals surface area contributed by atoms with Crippen LogP contribution < -0.4 is 4.74 Å². The summed E-state index contributed by atoms with van der Waals surface area (Å²) in [4.78, 5) is 26.9. The number of rotatable bonds is 6. The molecule has 0 radical (unpaired) electrons. The first kappa shape index (κ1) is 20.9. The second kappa shape index (κ2) is 9.18. The molecule has 0 N–H and O–H groups in total. The Hall–Kier alpha value is -3.38. The third-order valence-corrected chi connectivity index (χ3v) is 5.73. The van der Waals surface area contributed by atoms with Crippen molar-refractivity contribution in [2.75, 3.05) is 0 Å². The zero-order valence-corrected chi connectivity index (χ0v) is 17.7. The lowest BCUT2D eigenvalue weighted by Crippen LogP contribution is -2.27. The highest BCUT2D eigenvalue weighted by Gasteiger charge is 2.35. The van der Waals surface area contributed by atoms with Gasteiger partial charge < -0.3 is 4.74 Å². The van der Waals surface area contributed by atoms with Crippen molar-refractivity contribution in [1.82, 2.24) is 4.90 Å². The van der Waals surface area contributed by atoms with Crippen molar-refractivity contribution in [1.29, 1.82) is 0 Å². The van der Waals surface area contributed by atoms with Gasteiger partial charge in [0.1, 0.15) is 18.2 Å². The van der Waals surface area contributed by atoms with Crippen LogP contribution in [0.15, 0.2) is 77.7 Å². The number of imide groups is 1. The summed E-state index contributed by atoms with van der Waals surface area (Å²) in [5.74, 6) is -0.0933. The first-order valence-corrected chi connectivity index (χ1v) is 10.6. The molecule has 0 spiro atoms. The number of para-hydroxylation sites is 1. The molecule has 156 valence electrons. The van der Waals surface area contributed by atoms with Gasteiger partial charge >= 0.3 is 0 Å². The molecule has 1 heterocycles. The highest BCUT2D eigenvalue weighted by atomic mass is 32.2. The van der Waals surface area contributed by atoms with Gasteiger partial charge in [-0.05, 0) is 54.1 Å². The largest absolute Gasteiger partial charge is 0.488 e. The molecule has 1 aliphatic rings. The summed E-state index contributed by atoms with van der Waals surface area (Å²) in [5, 5.41) is -0.296. The van der Waals surface area contributed by atoms with Crippen LogP contribution in [0.3, 0.4) is 0 Å². The van der Waals surface area contributed by atoms with Crippen LogP contribution in [-0.2, 0) is 17.9 Å². The second-order valence-electron chi connectivity index (χ2n) is 7.21.